The smallest absolute Gasteiger partial charge is 0.308 e. The number of amides is 2. The van der Waals surface area contributed by atoms with Crippen molar-refractivity contribution in [1.29, 1.82) is 0 Å². The Kier molecular flexibility index (Phi) is 6.08. The highest BCUT2D eigenvalue weighted by Crippen LogP contribution is 2.23. The minimum atomic E-state index is -0.256. The molecule has 5 nitrogen and oxygen atoms in total. The molecule has 168 valence electrons. The number of para-hydroxylation sites is 3. The van der Waals surface area contributed by atoms with Crippen LogP contribution in [0.2, 0.25) is 0 Å². The molecule has 2 amide bonds. The van der Waals surface area contributed by atoms with Crippen molar-refractivity contribution in [2.24, 2.45) is 0 Å². The zero-order chi connectivity index (χ0) is 23.3. The highest BCUT2D eigenvalue weighted by molar-refractivity contribution is 5.99. The van der Waals surface area contributed by atoms with Gasteiger partial charge in [0.05, 0.1) is 11.0 Å². The van der Waals surface area contributed by atoms with Gasteiger partial charge in [-0.05, 0) is 67.4 Å². The molecule has 0 aliphatic heterocycles. The third-order valence-electron chi connectivity index (χ3n) is 5.80. The Morgan fingerprint density at radius 1 is 0.735 bits per heavy atom. The van der Waals surface area contributed by atoms with Gasteiger partial charge in [0.15, 0.2) is 0 Å². The van der Waals surface area contributed by atoms with Crippen LogP contribution >= 0.6 is 0 Å². The Bertz CT molecular complexity index is 1400. The van der Waals surface area contributed by atoms with Crippen LogP contribution in [0.25, 0.3) is 16.7 Å². The topological polar surface area (TPSA) is 59.0 Å². The minimum Gasteiger partial charge on any atom is -0.308 e. The van der Waals surface area contributed by atoms with Crippen LogP contribution in [0.1, 0.15) is 17.0 Å². The van der Waals surface area contributed by atoms with Crippen LogP contribution in [0.4, 0.5) is 16.2 Å². The van der Waals surface area contributed by atoms with E-state index in [-0.39, 0.29) is 6.03 Å². The first-order valence-corrected chi connectivity index (χ1v) is 11.4. The van der Waals surface area contributed by atoms with Crippen LogP contribution in [0.15, 0.2) is 103 Å². The molecule has 2 N–H and O–H groups in total. The van der Waals surface area contributed by atoms with Crippen molar-refractivity contribution >= 4 is 28.4 Å². The standard InChI is InChI=1S/C29H26N4O/c1-21-11-16-23(17-12-21)30-29(34)31-24-18-13-22(14-19-24)15-20-28-32-26-9-5-6-10-27(26)33(28)25-7-3-2-4-8-25/h2-14,16-19H,15,20H2,1H3,(H2,30,31,34). The number of aromatic nitrogens is 2. The fourth-order valence-electron chi connectivity index (χ4n) is 4.05. The van der Waals surface area contributed by atoms with Gasteiger partial charge in [-0.1, -0.05) is 60.2 Å². The number of hydrogen-bond acceptors (Lipinski definition) is 2. The number of nitrogens with one attached hydrogen (secondary N) is 2. The van der Waals surface area contributed by atoms with E-state index in [9.17, 15) is 4.79 Å². The summed E-state index contributed by atoms with van der Waals surface area (Å²) in [7, 11) is 0. The highest BCUT2D eigenvalue weighted by Gasteiger charge is 2.12. The predicted octanol–water partition coefficient (Wildman–Crippen LogP) is 6.76. The van der Waals surface area contributed by atoms with Crippen molar-refractivity contribution in [3.8, 4) is 5.69 Å². The Balaban J connectivity index is 1.26. The number of carbonyl (C=O) groups excluding carboxylic acids is 1. The first-order chi connectivity index (χ1) is 16.7. The van der Waals surface area contributed by atoms with Gasteiger partial charge < -0.3 is 10.6 Å². The maximum absolute atomic E-state index is 12.3. The molecule has 0 spiro atoms. The number of carbonyl (C=O) groups is 1. The normalized spacial score (nSPS) is 10.9. The number of nitrogens with zero attached hydrogens (tertiary/aromatic N) is 2. The zero-order valence-corrected chi connectivity index (χ0v) is 19.0. The van der Waals surface area contributed by atoms with Gasteiger partial charge in [-0.3, -0.25) is 4.57 Å². The average molecular weight is 447 g/mol. The number of aryl methyl sites for hydroxylation is 3. The van der Waals surface area contributed by atoms with E-state index < -0.39 is 0 Å². The largest absolute Gasteiger partial charge is 0.323 e. The Morgan fingerprint density at radius 3 is 2.06 bits per heavy atom. The summed E-state index contributed by atoms with van der Waals surface area (Å²) in [5, 5.41) is 5.74. The van der Waals surface area contributed by atoms with Gasteiger partial charge in [0.2, 0.25) is 0 Å². The van der Waals surface area contributed by atoms with Crippen molar-refractivity contribution < 1.29 is 4.79 Å². The molecule has 0 aliphatic carbocycles. The van der Waals surface area contributed by atoms with E-state index in [2.05, 4.69) is 63.7 Å². The maximum Gasteiger partial charge on any atom is 0.323 e. The monoisotopic (exact) mass is 446 g/mol. The van der Waals surface area contributed by atoms with Crippen molar-refractivity contribution in [3.63, 3.8) is 0 Å². The van der Waals surface area contributed by atoms with Crippen LogP contribution < -0.4 is 10.6 Å². The van der Waals surface area contributed by atoms with Gasteiger partial charge in [-0.2, -0.15) is 0 Å². The van der Waals surface area contributed by atoms with Crippen molar-refractivity contribution in [2.45, 2.75) is 19.8 Å². The molecule has 0 saturated heterocycles. The van der Waals surface area contributed by atoms with Gasteiger partial charge in [0.25, 0.3) is 0 Å². The molecule has 5 aromatic rings. The molecule has 0 saturated carbocycles. The Morgan fingerprint density at radius 2 is 1.35 bits per heavy atom. The predicted molar refractivity (Wildman–Crippen MR) is 139 cm³/mol. The van der Waals surface area contributed by atoms with E-state index in [1.807, 2.05) is 61.5 Å². The van der Waals surface area contributed by atoms with Crippen LogP contribution in [-0.4, -0.2) is 15.6 Å². The molecule has 0 aliphatic rings. The molecule has 5 heteroatoms. The fourth-order valence-corrected chi connectivity index (χ4v) is 4.05. The Hall–Kier alpha value is -4.38. The third-order valence-corrected chi connectivity index (χ3v) is 5.80. The lowest BCUT2D eigenvalue weighted by Crippen LogP contribution is -2.19. The fraction of sp³-hybridized carbons (Fsp3) is 0.103. The van der Waals surface area contributed by atoms with Gasteiger partial charge in [0, 0.05) is 23.5 Å². The van der Waals surface area contributed by atoms with Crippen LogP contribution in [0.5, 0.6) is 0 Å². The van der Waals surface area contributed by atoms with Crippen molar-refractivity contribution in [1.82, 2.24) is 9.55 Å². The summed E-state index contributed by atoms with van der Waals surface area (Å²) in [6.07, 6.45) is 1.66. The van der Waals surface area contributed by atoms with Crippen LogP contribution in [0, 0.1) is 6.92 Å². The number of anilines is 2. The van der Waals surface area contributed by atoms with Crippen molar-refractivity contribution in [3.05, 3.63) is 120 Å². The first-order valence-electron chi connectivity index (χ1n) is 11.4. The molecule has 0 atom stereocenters. The summed E-state index contributed by atoms with van der Waals surface area (Å²) >= 11 is 0. The third kappa shape index (κ3) is 4.84. The van der Waals surface area contributed by atoms with Gasteiger partial charge in [0.1, 0.15) is 5.82 Å². The summed E-state index contributed by atoms with van der Waals surface area (Å²) < 4.78 is 2.24. The lowest BCUT2D eigenvalue weighted by atomic mass is 10.1. The highest BCUT2D eigenvalue weighted by atomic mass is 16.2. The molecule has 4 aromatic carbocycles. The summed E-state index contributed by atoms with van der Waals surface area (Å²) in [5.41, 5.74) is 7.09. The summed E-state index contributed by atoms with van der Waals surface area (Å²) in [6.45, 7) is 2.02. The van der Waals surface area contributed by atoms with E-state index >= 15 is 0 Å². The SMILES string of the molecule is Cc1ccc(NC(=O)Nc2ccc(CCc3nc4ccccc4n3-c3ccccc3)cc2)cc1. The number of imidazole rings is 1. The van der Waals surface area contributed by atoms with E-state index in [4.69, 9.17) is 4.98 Å². The average Bonchev–Trinajstić information content (AvgIpc) is 3.24. The number of rotatable bonds is 6. The maximum atomic E-state index is 12.3. The lowest BCUT2D eigenvalue weighted by molar-refractivity contribution is 0.262. The Labute approximate surface area is 199 Å². The number of fused-ring (bicyclic) bond motifs is 1. The van der Waals surface area contributed by atoms with Crippen molar-refractivity contribution in [2.75, 3.05) is 10.6 Å². The zero-order valence-electron chi connectivity index (χ0n) is 19.0. The molecular weight excluding hydrogens is 420 g/mol. The first kappa shape index (κ1) is 21.5. The molecule has 34 heavy (non-hydrogen) atoms. The van der Waals surface area contributed by atoms with E-state index in [1.165, 1.54) is 5.56 Å². The van der Waals surface area contributed by atoms with E-state index in [1.54, 1.807) is 0 Å². The van der Waals surface area contributed by atoms with Gasteiger partial charge in [-0.25, -0.2) is 9.78 Å². The van der Waals surface area contributed by atoms with E-state index in [0.717, 1.165) is 52.3 Å². The summed E-state index contributed by atoms with van der Waals surface area (Å²) in [5.74, 6) is 1.03. The molecular formula is C29H26N4O. The molecule has 0 fully saturated rings. The summed E-state index contributed by atoms with van der Waals surface area (Å²) in [6, 6.07) is 34.0. The second kappa shape index (κ2) is 9.63. The van der Waals surface area contributed by atoms with Gasteiger partial charge in [-0.15, -0.1) is 0 Å². The van der Waals surface area contributed by atoms with Gasteiger partial charge >= 0.3 is 6.03 Å². The van der Waals surface area contributed by atoms with Crippen LogP contribution in [0.3, 0.4) is 0 Å². The molecule has 5 rings (SSSR count). The molecule has 1 heterocycles. The second-order valence-corrected chi connectivity index (χ2v) is 8.33. The number of hydrogen-bond donors (Lipinski definition) is 2. The second-order valence-electron chi connectivity index (χ2n) is 8.33. The minimum absolute atomic E-state index is 0.256. The summed E-state index contributed by atoms with van der Waals surface area (Å²) in [4.78, 5) is 17.2. The van der Waals surface area contributed by atoms with Crippen LogP contribution in [-0.2, 0) is 12.8 Å². The molecule has 0 bridgehead atoms. The van der Waals surface area contributed by atoms with E-state index in [0.29, 0.717) is 0 Å². The quantitative estimate of drug-likeness (QED) is 0.303. The molecule has 1 aromatic heterocycles. The molecule has 0 unspecified atom stereocenters. The molecule has 0 radical (unpaired) electrons. The lowest BCUT2D eigenvalue weighted by Gasteiger charge is -2.10. The number of urea groups is 1. The number of benzene rings is 4.